The van der Waals surface area contributed by atoms with E-state index in [4.69, 9.17) is 16.9 Å². The minimum Gasteiger partial charge on any atom is -0.348 e. The van der Waals surface area contributed by atoms with Crippen molar-refractivity contribution in [2.45, 2.75) is 25.8 Å². The van der Waals surface area contributed by atoms with Gasteiger partial charge in [0.2, 0.25) is 0 Å². The molecule has 0 radical (unpaired) electrons. The van der Waals surface area contributed by atoms with Gasteiger partial charge in [-0.25, -0.2) is 0 Å². The molecule has 0 aromatic heterocycles. The third kappa shape index (κ3) is 4.03. The van der Waals surface area contributed by atoms with Crippen LogP contribution in [0.25, 0.3) is 0 Å². The summed E-state index contributed by atoms with van der Waals surface area (Å²) < 4.78 is 0.822. The number of rotatable bonds is 4. The highest BCUT2D eigenvalue weighted by Crippen LogP contribution is 2.21. The summed E-state index contributed by atoms with van der Waals surface area (Å²) in [4.78, 5) is 11.9. The van der Waals surface area contributed by atoms with Crippen LogP contribution < -0.4 is 5.32 Å². The normalized spacial score (nSPS) is 11.6. The number of nitriles is 1. The number of carbonyl (C=O) groups is 1. The molecule has 1 atom stereocenters. The van der Waals surface area contributed by atoms with Crippen LogP contribution in [-0.4, -0.2) is 11.9 Å². The maximum atomic E-state index is 11.9. The van der Waals surface area contributed by atoms with Crippen molar-refractivity contribution in [1.82, 2.24) is 5.32 Å². The SMILES string of the molecule is CCC(CC#N)NC(=O)c1ccc(Br)cc1Cl. The molecule has 0 saturated heterocycles. The van der Waals surface area contributed by atoms with Crippen LogP contribution in [-0.2, 0) is 0 Å². The molecule has 0 spiro atoms. The second-order valence-electron chi connectivity index (χ2n) is 3.57. The zero-order chi connectivity index (χ0) is 12.8. The van der Waals surface area contributed by atoms with Gasteiger partial charge in [0, 0.05) is 10.5 Å². The fraction of sp³-hybridized carbons (Fsp3) is 0.333. The quantitative estimate of drug-likeness (QED) is 0.924. The largest absolute Gasteiger partial charge is 0.348 e. The zero-order valence-corrected chi connectivity index (χ0v) is 11.7. The second kappa shape index (κ2) is 6.63. The van der Waals surface area contributed by atoms with Gasteiger partial charge >= 0.3 is 0 Å². The first-order chi connectivity index (χ1) is 8.08. The molecule has 0 fully saturated rings. The molecule has 1 N–H and O–H groups in total. The first-order valence-electron chi connectivity index (χ1n) is 5.21. The van der Waals surface area contributed by atoms with Crippen LogP contribution in [0.2, 0.25) is 5.02 Å². The molecular weight excluding hydrogens is 304 g/mol. The molecule has 90 valence electrons. The number of nitrogens with zero attached hydrogens (tertiary/aromatic N) is 1. The van der Waals surface area contributed by atoms with Gasteiger partial charge in [-0.05, 0) is 24.6 Å². The molecule has 0 aliphatic carbocycles. The average Bonchev–Trinajstić information content (AvgIpc) is 2.28. The highest BCUT2D eigenvalue weighted by Gasteiger charge is 2.14. The van der Waals surface area contributed by atoms with E-state index in [0.717, 1.165) is 4.47 Å². The Morgan fingerprint density at radius 1 is 1.65 bits per heavy atom. The molecule has 17 heavy (non-hydrogen) atoms. The Morgan fingerprint density at radius 2 is 2.35 bits per heavy atom. The third-order valence-corrected chi connectivity index (χ3v) is 3.15. The van der Waals surface area contributed by atoms with Crippen LogP contribution in [0.15, 0.2) is 22.7 Å². The van der Waals surface area contributed by atoms with Gasteiger partial charge < -0.3 is 5.32 Å². The summed E-state index contributed by atoms with van der Waals surface area (Å²) >= 11 is 9.25. The minimum atomic E-state index is -0.246. The molecule has 0 bridgehead atoms. The number of halogens is 2. The molecule has 0 aliphatic heterocycles. The van der Waals surface area contributed by atoms with Crippen molar-refractivity contribution < 1.29 is 4.79 Å². The Hall–Kier alpha value is -1.05. The number of benzene rings is 1. The molecule has 5 heteroatoms. The van der Waals surface area contributed by atoms with Crippen LogP contribution in [0.4, 0.5) is 0 Å². The highest BCUT2D eigenvalue weighted by molar-refractivity contribution is 9.10. The van der Waals surface area contributed by atoms with E-state index in [9.17, 15) is 4.79 Å². The summed E-state index contributed by atoms with van der Waals surface area (Å²) in [6.07, 6.45) is 1.02. The van der Waals surface area contributed by atoms with Crippen molar-refractivity contribution in [3.05, 3.63) is 33.3 Å². The van der Waals surface area contributed by atoms with Gasteiger partial charge in [0.05, 0.1) is 23.1 Å². The van der Waals surface area contributed by atoms with Crippen LogP contribution in [0.3, 0.4) is 0 Å². The molecular formula is C12H12BrClN2O. The topological polar surface area (TPSA) is 52.9 Å². The maximum Gasteiger partial charge on any atom is 0.253 e. The van der Waals surface area contributed by atoms with Gasteiger partial charge in [0.1, 0.15) is 0 Å². The molecule has 0 aliphatic rings. The summed E-state index contributed by atoms with van der Waals surface area (Å²) in [5, 5.41) is 11.8. The van der Waals surface area contributed by atoms with E-state index in [2.05, 4.69) is 21.2 Å². The smallest absolute Gasteiger partial charge is 0.253 e. The van der Waals surface area contributed by atoms with Crippen molar-refractivity contribution in [3.63, 3.8) is 0 Å². The molecule has 0 saturated carbocycles. The lowest BCUT2D eigenvalue weighted by Crippen LogP contribution is -2.34. The predicted molar refractivity (Wildman–Crippen MR) is 70.9 cm³/mol. The van der Waals surface area contributed by atoms with Gasteiger partial charge in [-0.3, -0.25) is 4.79 Å². The Balaban J connectivity index is 2.79. The lowest BCUT2D eigenvalue weighted by Gasteiger charge is -2.14. The Labute approximate surface area is 114 Å². The van der Waals surface area contributed by atoms with Crippen molar-refractivity contribution in [3.8, 4) is 6.07 Å². The molecule has 3 nitrogen and oxygen atoms in total. The van der Waals surface area contributed by atoms with Gasteiger partial charge in [0.25, 0.3) is 5.91 Å². The van der Waals surface area contributed by atoms with Gasteiger partial charge in [0.15, 0.2) is 0 Å². The van der Waals surface area contributed by atoms with E-state index < -0.39 is 0 Å². The van der Waals surface area contributed by atoms with Crippen molar-refractivity contribution in [1.29, 1.82) is 5.26 Å². The predicted octanol–water partition coefficient (Wildman–Crippen LogP) is 3.52. The lowest BCUT2D eigenvalue weighted by molar-refractivity contribution is 0.0937. The fourth-order valence-electron chi connectivity index (χ4n) is 1.34. The standard InChI is InChI=1S/C12H12BrClN2O/c1-2-9(5-6-15)16-12(17)10-4-3-8(13)7-11(10)14/h3-4,7,9H,2,5H2,1H3,(H,16,17). The van der Waals surface area contributed by atoms with E-state index in [0.29, 0.717) is 23.4 Å². The maximum absolute atomic E-state index is 11.9. The van der Waals surface area contributed by atoms with E-state index in [-0.39, 0.29) is 11.9 Å². The summed E-state index contributed by atoms with van der Waals surface area (Å²) in [5.41, 5.74) is 0.422. The third-order valence-electron chi connectivity index (χ3n) is 2.34. The van der Waals surface area contributed by atoms with Crippen LogP contribution in [0.1, 0.15) is 30.1 Å². The molecule has 0 heterocycles. The number of hydrogen-bond acceptors (Lipinski definition) is 2. The highest BCUT2D eigenvalue weighted by atomic mass is 79.9. The lowest BCUT2D eigenvalue weighted by atomic mass is 10.1. The summed E-state index contributed by atoms with van der Waals surface area (Å²) in [6.45, 7) is 1.92. The number of carbonyl (C=O) groups excluding carboxylic acids is 1. The monoisotopic (exact) mass is 314 g/mol. The number of hydrogen-bond donors (Lipinski definition) is 1. The summed E-state index contributed by atoms with van der Waals surface area (Å²) in [5.74, 6) is -0.246. The Kier molecular flexibility index (Phi) is 5.46. The molecule has 1 aromatic rings. The fourth-order valence-corrected chi connectivity index (χ4v) is 2.10. The molecule has 1 rings (SSSR count). The van der Waals surface area contributed by atoms with Crippen LogP contribution >= 0.6 is 27.5 Å². The van der Waals surface area contributed by atoms with Gasteiger partial charge in [-0.2, -0.15) is 5.26 Å². The molecule has 1 aromatic carbocycles. The Bertz CT molecular complexity index is 456. The van der Waals surface area contributed by atoms with Crippen LogP contribution in [0.5, 0.6) is 0 Å². The van der Waals surface area contributed by atoms with E-state index in [1.54, 1.807) is 18.2 Å². The average molecular weight is 316 g/mol. The summed E-state index contributed by atoms with van der Waals surface area (Å²) in [7, 11) is 0. The van der Waals surface area contributed by atoms with Gasteiger partial charge in [-0.1, -0.05) is 34.5 Å². The number of nitrogens with one attached hydrogen (secondary N) is 1. The molecule has 1 amide bonds. The summed E-state index contributed by atoms with van der Waals surface area (Å²) in [6, 6.07) is 6.99. The van der Waals surface area contributed by atoms with E-state index in [1.807, 2.05) is 13.0 Å². The first-order valence-corrected chi connectivity index (χ1v) is 6.38. The number of amides is 1. The van der Waals surface area contributed by atoms with Crippen molar-refractivity contribution in [2.24, 2.45) is 0 Å². The molecule has 1 unspecified atom stereocenters. The van der Waals surface area contributed by atoms with Crippen molar-refractivity contribution in [2.75, 3.05) is 0 Å². The first kappa shape index (κ1) is 14.0. The van der Waals surface area contributed by atoms with E-state index in [1.165, 1.54) is 0 Å². The Morgan fingerprint density at radius 3 is 2.88 bits per heavy atom. The van der Waals surface area contributed by atoms with Crippen LogP contribution in [0, 0.1) is 11.3 Å². The van der Waals surface area contributed by atoms with Gasteiger partial charge in [-0.15, -0.1) is 0 Å². The van der Waals surface area contributed by atoms with E-state index >= 15 is 0 Å². The second-order valence-corrected chi connectivity index (χ2v) is 4.89. The minimum absolute atomic E-state index is 0.132. The van der Waals surface area contributed by atoms with Crippen molar-refractivity contribution >= 4 is 33.4 Å². The zero-order valence-electron chi connectivity index (χ0n) is 9.34.